The molecule has 0 radical (unpaired) electrons. The number of aliphatic hydroxyl groups is 3. The summed E-state index contributed by atoms with van der Waals surface area (Å²) in [6, 6.07) is 22.2. The zero-order valence-electron chi connectivity index (χ0n) is 43.1. The van der Waals surface area contributed by atoms with Crippen LogP contribution in [-0.2, 0) is 71.4 Å². The average Bonchev–Trinajstić information content (AvgIpc) is 3.51. The molecule has 2 bridgehead atoms. The van der Waals surface area contributed by atoms with Crippen LogP contribution in [0.1, 0.15) is 99.5 Å². The number of aliphatic hydroxyl groups excluding tert-OH is 2. The van der Waals surface area contributed by atoms with Crippen LogP contribution in [0.2, 0.25) is 0 Å². The molecular formula is C55H61NO21. The molecule has 3 aliphatic carbocycles. The van der Waals surface area contributed by atoms with E-state index in [1.807, 2.05) is 0 Å². The van der Waals surface area contributed by atoms with Crippen molar-refractivity contribution in [2.24, 2.45) is 16.7 Å². The highest BCUT2D eigenvalue weighted by Crippen LogP contribution is 2.65. The first-order chi connectivity index (χ1) is 36.5. The maximum absolute atomic E-state index is 16.2. The summed E-state index contributed by atoms with van der Waals surface area (Å²) in [5.74, 6) is -9.55. The number of Topliss-reactive ketones (excluding diaryl/α,β-unsaturated/α-hetero) is 1. The monoisotopic (exact) mass is 1070 g/mol. The molecule has 11 atom stereocenters. The van der Waals surface area contributed by atoms with E-state index in [0.717, 1.165) is 13.8 Å². The molecule has 4 N–H and O–H groups in total. The van der Waals surface area contributed by atoms with Crippen molar-refractivity contribution in [1.82, 2.24) is 5.32 Å². The third-order valence-corrected chi connectivity index (χ3v) is 15.0. The second kappa shape index (κ2) is 23.4. The van der Waals surface area contributed by atoms with E-state index < -0.39 is 170 Å². The number of nitrogens with one attached hydrogen (secondary N) is 1. The van der Waals surface area contributed by atoms with Gasteiger partial charge in [-0.2, -0.15) is 0 Å². The second-order valence-electron chi connectivity index (χ2n) is 19.9. The Bertz CT molecular complexity index is 2770. The lowest BCUT2D eigenvalue weighted by Crippen LogP contribution is -2.82. The highest BCUT2D eigenvalue weighted by molar-refractivity contribution is 5.96. The molecule has 22 nitrogen and oxygen atoms in total. The molecule has 0 aromatic heterocycles. The van der Waals surface area contributed by atoms with Gasteiger partial charge in [0.25, 0.3) is 5.91 Å². The van der Waals surface area contributed by atoms with E-state index >= 15 is 4.79 Å². The van der Waals surface area contributed by atoms with Gasteiger partial charge in [0.15, 0.2) is 23.6 Å². The number of amides is 1. The Hall–Kier alpha value is -7.53. The smallest absolute Gasteiger partial charge is 0.463 e. The van der Waals surface area contributed by atoms with Crippen molar-refractivity contribution in [2.45, 2.75) is 121 Å². The van der Waals surface area contributed by atoms with Crippen molar-refractivity contribution >= 4 is 53.7 Å². The summed E-state index contributed by atoms with van der Waals surface area (Å²) in [6.45, 7) is 5.56. The van der Waals surface area contributed by atoms with E-state index in [4.69, 9.17) is 47.7 Å². The summed E-state index contributed by atoms with van der Waals surface area (Å²) in [4.78, 5) is 124. The summed E-state index contributed by atoms with van der Waals surface area (Å²) in [5.41, 5.74) is -8.35. The molecule has 1 heterocycles. The average molecular weight is 1070 g/mol. The Balaban J connectivity index is 1.34. The number of ketones is 1. The maximum atomic E-state index is 16.2. The molecule has 2 saturated carbocycles. The third kappa shape index (κ3) is 11.5. The van der Waals surface area contributed by atoms with Crippen LogP contribution in [-0.4, -0.2) is 143 Å². The lowest BCUT2D eigenvalue weighted by Gasteiger charge is -2.67. The molecule has 77 heavy (non-hydrogen) atoms. The molecule has 22 heteroatoms. The van der Waals surface area contributed by atoms with Gasteiger partial charge in [0.1, 0.15) is 36.6 Å². The molecule has 7 rings (SSSR count). The summed E-state index contributed by atoms with van der Waals surface area (Å²) < 4.78 is 51.4. The van der Waals surface area contributed by atoms with Crippen LogP contribution in [0.25, 0.3) is 0 Å². The van der Waals surface area contributed by atoms with Gasteiger partial charge in [-0.1, -0.05) is 80.6 Å². The number of hydrogen-bond donors (Lipinski definition) is 4. The van der Waals surface area contributed by atoms with Crippen LogP contribution < -0.4 is 5.32 Å². The Morgan fingerprint density at radius 3 is 1.94 bits per heavy atom. The van der Waals surface area contributed by atoms with Crippen LogP contribution in [0.3, 0.4) is 0 Å². The van der Waals surface area contributed by atoms with Gasteiger partial charge in [-0.15, -0.1) is 0 Å². The first-order valence-corrected chi connectivity index (χ1v) is 24.8. The van der Waals surface area contributed by atoms with Crippen molar-refractivity contribution in [3.63, 3.8) is 0 Å². The zero-order valence-corrected chi connectivity index (χ0v) is 43.1. The maximum Gasteiger partial charge on any atom is 0.511 e. The molecule has 3 aromatic carbocycles. The van der Waals surface area contributed by atoms with Crippen molar-refractivity contribution in [3.05, 3.63) is 119 Å². The number of benzene rings is 3. The molecular weight excluding hydrogens is 1010 g/mol. The van der Waals surface area contributed by atoms with E-state index in [-0.39, 0.29) is 28.9 Å². The number of carbonyl (C=O) groups is 9. The van der Waals surface area contributed by atoms with Crippen LogP contribution in [0.5, 0.6) is 0 Å². The van der Waals surface area contributed by atoms with Crippen LogP contribution in [0.4, 0.5) is 4.79 Å². The molecule has 3 aromatic rings. The highest BCUT2D eigenvalue weighted by atomic mass is 16.8. The SMILES string of the molecule is CC(=O)O[C@H]1C(=O)[C@@]2(C)C([C@H](OC(=O)c3ccccc3)[C@]3(O)C[C@H](OC(=O)[C@H](O)[C@@H](NC(=O)c4ccccc4)c4ccccc4)C(C)=C1C3(C)C)[C@]1(OC(C)=O)CO[C@@H]1C[C@@H]2OC(=O)OCOC(=O)CCC(=O)OCCO. The molecule has 1 aliphatic heterocycles. The van der Waals surface area contributed by atoms with Gasteiger partial charge in [-0.25, -0.2) is 14.4 Å². The first kappa shape index (κ1) is 57.2. The van der Waals surface area contributed by atoms with E-state index in [9.17, 15) is 48.6 Å². The zero-order chi connectivity index (χ0) is 56.0. The molecule has 1 amide bonds. The fraction of sp³-hybridized carbons (Fsp3) is 0.473. The lowest BCUT2D eigenvalue weighted by molar-refractivity contribution is -0.346. The van der Waals surface area contributed by atoms with Gasteiger partial charge in [0.2, 0.25) is 6.79 Å². The quantitative estimate of drug-likeness (QED) is 0.0611. The lowest BCUT2D eigenvalue weighted by atomic mass is 9.44. The minimum Gasteiger partial charge on any atom is -0.463 e. The van der Waals surface area contributed by atoms with E-state index in [1.54, 1.807) is 54.6 Å². The van der Waals surface area contributed by atoms with Gasteiger partial charge in [-0.05, 0) is 54.8 Å². The Kier molecular flexibility index (Phi) is 17.4. The van der Waals surface area contributed by atoms with Crippen LogP contribution in [0.15, 0.2) is 102 Å². The Morgan fingerprint density at radius 2 is 1.36 bits per heavy atom. The van der Waals surface area contributed by atoms with Crippen molar-refractivity contribution in [2.75, 3.05) is 26.6 Å². The number of ether oxygens (including phenoxy) is 9. The minimum absolute atomic E-state index is 0.0353. The summed E-state index contributed by atoms with van der Waals surface area (Å²) in [6.07, 6.45) is -14.4. The normalized spacial score (nSPS) is 27.6. The highest BCUT2D eigenvalue weighted by Gasteiger charge is 2.79. The fourth-order valence-corrected chi connectivity index (χ4v) is 11.1. The molecule has 3 fully saturated rings. The van der Waals surface area contributed by atoms with Crippen molar-refractivity contribution in [1.29, 1.82) is 0 Å². The minimum atomic E-state index is -2.58. The van der Waals surface area contributed by atoms with Gasteiger partial charge in [-0.3, -0.25) is 28.8 Å². The molecule has 1 saturated heterocycles. The molecule has 0 spiro atoms. The summed E-state index contributed by atoms with van der Waals surface area (Å²) in [5, 5.41) is 37.5. The van der Waals surface area contributed by atoms with Gasteiger partial charge < -0.3 is 63.3 Å². The Labute approximate surface area is 442 Å². The second-order valence-corrected chi connectivity index (χ2v) is 19.9. The van der Waals surface area contributed by atoms with Crippen molar-refractivity contribution < 1.29 is 101 Å². The number of rotatable bonds is 18. The number of carbonyl (C=O) groups excluding carboxylic acids is 9. The number of fused-ring (bicyclic) bond motifs is 5. The molecule has 412 valence electrons. The first-order valence-electron chi connectivity index (χ1n) is 24.8. The summed E-state index contributed by atoms with van der Waals surface area (Å²) >= 11 is 0. The summed E-state index contributed by atoms with van der Waals surface area (Å²) in [7, 11) is 0. The predicted molar refractivity (Wildman–Crippen MR) is 261 cm³/mol. The molecule has 1 unspecified atom stereocenters. The largest absolute Gasteiger partial charge is 0.511 e. The third-order valence-electron chi connectivity index (χ3n) is 15.0. The standard InChI is InChI=1S/C55H61NO21/c1-30-36(74-50(66)43(62)42(33-16-10-7-11-17-33)56-48(64)34-18-12-8-13-19-34)27-55(68)47(76-49(65)35-20-14-9-15-21-35)45-53(6,46(63)44(73-31(2)58)41(30)52(55,4)5)37(26-38-54(45,28-70-38)77-32(3)59)75-51(67)72-29-71-40(61)23-22-39(60)69-25-24-57/h7-21,36-38,42-45,47,57,62,68H,22-29H2,1-6H3,(H,56,64)/t36-,37-,38+,42-,43+,44+,45?,47-,53+,54-,55+/m0/s1. The predicted octanol–water partition coefficient (Wildman–Crippen LogP) is 3.71. The molecule has 4 aliphatic rings. The van der Waals surface area contributed by atoms with Crippen molar-refractivity contribution in [3.8, 4) is 0 Å². The fourth-order valence-electron chi connectivity index (χ4n) is 11.1. The number of esters is 6. The topological polar surface area (TPSA) is 309 Å². The van der Waals surface area contributed by atoms with Gasteiger partial charge in [0, 0.05) is 37.7 Å². The Morgan fingerprint density at radius 1 is 0.766 bits per heavy atom. The van der Waals surface area contributed by atoms with Gasteiger partial charge >= 0.3 is 42.0 Å². The van der Waals surface area contributed by atoms with E-state index in [0.29, 0.717) is 5.56 Å². The number of hydrogen-bond acceptors (Lipinski definition) is 21. The van der Waals surface area contributed by atoms with Gasteiger partial charge in [0.05, 0.1) is 49.0 Å². The van der Waals surface area contributed by atoms with Crippen LogP contribution >= 0.6 is 0 Å². The van der Waals surface area contributed by atoms with E-state index in [2.05, 4.69) is 5.32 Å². The van der Waals surface area contributed by atoms with E-state index in [1.165, 1.54) is 64.1 Å². The van der Waals surface area contributed by atoms with Crippen LogP contribution in [0, 0.1) is 16.7 Å².